The topological polar surface area (TPSA) is 64.3 Å². The lowest BCUT2D eigenvalue weighted by atomic mass is 9.86. The van der Waals surface area contributed by atoms with Crippen LogP contribution in [0, 0.1) is 5.41 Å². The number of carbonyl (C=O) groups excluding carboxylic acids is 1. The SMILES string of the molecule is CC(C)(C)OC(=O)NC(/C=C/CN)C(C)(C)C. The van der Waals surface area contributed by atoms with Gasteiger partial charge in [-0.2, -0.15) is 0 Å². The van der Waals surface area contributed by atoms with Crippen LogP contribution in [-0.4, -0.2) is 24.3 Å². The maximum Gasteiger partial charge on any atom is 0.408 e. The Balaban J connectivity index is 4.55. The molecule has 0 bridgehead atoms. The molecule has 0 fully saturated rings. The van der Waals surface area contributed by atoms with Crippen molar-refractivity contribution in [2.24, 2.45) is 11.1 Å². The highest BCUT2D eigenvalue weighted by molar-refractivity contribution is 5.68. The minimum absolute atomic E-state index is 0.0808. The summed E-state index contributed by atoms with van der Waals surface area (Å²) in [6.07, 6.45) is 3.34. The number of nitrogens with two attached hydrogens (primary N) is 1. The first-order valence-electron chi connectivity index (χ1n) is 5.92. The van der Waals surface area contributed by atoms with Gasteiger partial charge in [0.25, 0.3) is 0 Å². The van der Waals surface area contributed by atoms with Gasteiger partial charge in [0, 0.05) is 6.54 Å². The molecule has 0 aromatic rings. The number of nitrogens with one attached hydrogen (secondary N) is 1. The Kier molecular flexibility index (Phi) is 5.69. The number of rotatable bonds is 3. The summed E-state index contributed by atoms with van der Waals surface area (Å²) < 4.78 is 5.23. The van der Waals surface area contributed by atoms with Gasteiger partial charge < -0.3 is 15.8 Å². The van der Waals surface area contributed by atoms with Gasteiger partial charge in [0.15, 0.2) is 0 Å². The summed E-state index contributed by atoms with van der Waals surface area (Å²) in [5, 5.41) is 2.84. The summed E-state index contributed by atoms with van der Waals surface area (Å²) in [5.74, 6) is 0. The minimum atomic E-state index is -0.482. The molecule has 17 heavy (non-hydrogen) atoms. The van der Waals surface area contributed by atoms with Crippen LogP contribution in [0.2, 0.25) is 0 Å². The fourth-order valence-corrected chi connectivity index (χ4v) is 1.20. The predicted molar refractivity (Wildman–Crippen MR) is 70.8 cm³/mol. The molecule has 0 saturated carbocycles. The quantitative estimate of drug-likeness (QED) is 0.747. The lowest BCUT2D eigenvalue weighted by Gasteiger charge is -2.30. The van der Waals surface area contributed by atoms with Crippen LogP contribution in [0.1, 0.15) is 41.5 Å². The molecule has 0 heterocycles. The lowest BCUT2D eigenvalue weighted by molar-refractivity contribution is 0.0484. The van der Waals surface area contributed by atoms with E-state index in [2.05, 4.69) is 26.1 Å². The Morgan fingerprint density at radius 2 is 1.82 bits per heavy atom. The second-order valence-corrected chi connectivity index (χ2v) is 6.15. The maximum atomic E-state index is 11.7. The first-order valence-corrected chi connectivity index (χ1v) is 5.92. The third-order valence-corrected chi connectivity index (χ3v) is 2.07. The van der Waals surface area contributed by atoms with Crippen LogP contribution in [-0.2, 0) is 4.74 Å². The van der Waals surface area contributed by atoms with Crippen LogP contribution in [0.3, 0.4) is 0 Å². The molecule has 4 nitrogen and oxygen atoms in total. The van der Waals surface area contributed by atoms with Crippen molar-refractivity contribution in [3.63, 3.8) is 0 Å². The van der Waals surface area contributed by atoms with Gasteiger partial charge in [0.2, 0.25) is 0 Å². The molecule has 0 aromatic carbocycles. The lowest BCUT2D eigenvalue weighted by Crippen LogP contribution is -2.44. The molecule has 3 N–H and O–H groups in total. The number of carbonyl (C=O) groups is 1. The van der Waals surface area contributed by atoms with E-state index < -0.39 is 11.7 Å². The summed E-state index contributed by atoms with van der Waals surface area (Å²) in [5.41, 5.74) is 4.86. The molecule has 0 aliphatic rings. The highest BCUT2D eigenvalue weighted by Crippen LogP contribution is 2.20. The average Bonchev–Trinajstić information content (AvgIpc) is 2.07. The molecule has 0 rings (SSSR count). The van der Waals surface area contributed by atoms with Crippen LogP contribution in [0.4, 0.5) is 4.79 Å². The highest BCUT2D eigenvalue weighted by atomic mass is 16.6. The zero-order valence-electron chi connectivity index (χ0n) is 11.8. The van der Waals surface area contributed by atoms with E-state index in [1.54, 1.807) is 0 Å². The summed E-state index contributed by atoms with van der Waals surface area (Å²) in [6.45, 7) is 12.1. The summed E-state index contributed by atoms with van der Waals surface area (Å²) >= 11 is 0. The standard InChI is InChI=1S/C13H26N2O2/c1-12(2,3)10(8-7-9-14)15-11(16)17-13(4,5)6/h7-8,10H,9,14H2,1-6H3,(H,15,16)/b8-7+. The Labute approximate surface area is 105 Å². The maximum absolute atomic E-state index is 11.7. The van der Waals surface area contributed by atoms with Gasteiger partial charge in [-0.3, -0.25) is 0 Å². The molecule has 0 aromatic heterocycles. The van der Waals surface area contributed by atoms with E-state index in [0.29, 0.717) is 6.54 Å². The zero-order valence-corrected chi connectivity index (χ0v) is 11.8. The first-order chi connectivity index (χ1) is 7.56. The van der Waals surface area contributed by atoms with Gasteiger partial charge in [-0.15, -0.1) is 0 Å². The third kappa shape index (κ3) is 7.80. The second-order valence-electron chi connectivity index (χ2n) is 6.15. The normalized spacial score (nSPS) is 14.8. The van der Waals surface area contributed by atoms with Gasteiger partial charge in [-0.05, 0) is 26.2 Å². The molecule has 100 valence electrons. The van der Waals surface area contributed by atoms with E-state index in [0.717, 1.165) is 0 Å². The van der Waals surface area contributed by atoms with E-state index in [9.17, 15) is 4.79 Å². The molecular weight excluding hydrogens is 216 g/mol. The van der Waals surface area contributed by atoms with Gasteiger partial charge in [-0.1, -0.05) is 32.9 Å². The fourth-order valence-electron chi connectivity index (χ4n) is 1.20. The Bertz CT molecular complexity index is 272. The number of ether oxygens (including phenoxy) is 1. The van der Waals surface area contributed by atoms with E-state index in [1.807, 2.05) is 32.9 Å². The molecule has 1 atom stereocenters. The van der Waals surface area contributed by atoms with Crippen molar-refractivity contribution in [3.8, 4) is 0 Å². The molecule has 4 heteroatoms. The van der Waals surface area contributed by atoms with Crippen molar-refractivity contribution < 1.29 is 9.53 Å². The number of alkyl carbamates (subject to hydrolysis) is 1. The Hall–Kier alpha value is -1.03. The second kappa shape index (κ2) is 6.05. The molecule has 0 saturated heterocycles. The first kappa shape index (κ1) is 16.0. The van der Waals surface area contributed by atoms with E-state index in [4.69, 9.17) is 10.5 Å². The molecule has 0 radical (unpaired) electrons. The van der Waals surface area contributed by atoms with E-state index in [-0.39, 0.29) is 11.5 Å². The van der Waals surface area contributed by atoms with Gasteiger partial charge in [0.1, 0.15) is 5.60 Å². The van der Waals surface area contributed by atoms with Crippen molar-refractivity contribution in [2.75, 3.05) is 6.54 Å². The third-order valence-electron chi connectivity index (χ3n) is 2.07. The molecular formula is C13H26N2O2. The fraction of sp³-hybridized carbons (Fsp3) is 0.769. The van der Waals surface area contributed by atoms with Crippen molar-refractivity contribution in [1.29, 1.82) is 0 Å². The van der Waals surface area contributed by atoms with Crippen LogP contribution in [0.15, 0.2) is 12.2 Å². The number of amides is 1. The largest absolute Gasteiger partial charge is 0.444 e. The molecule has 1 unspecified atom stereocenters. The molecule has 0 spiro atoms. The van der Waals surface area contributed by atoms with Crippen LogP contribution in [0.5, 0.6) is 0 Å². The minimum Gasteiger partial charge on any atom is -0.444 e. The number of hydrogen-bond donors (Lipinski definition) is 2. The molecule has 0 aliphatic carbocycles. The number of hydrogen-bond acceptors (Lipinski definition) is 3. The van der Waals surface area contributed by atoms with Crippen molar-refractivity contribution in [1.82, 2.24) is 5.32 Å². The Morgan fingerprint density at radius 3 is 2.18 bits per heavy atom. The summed E-state index contributed by atoms with van der Waals surface area (Å²) in [7, 11) is 0. The van der Waals surface area contributed by atoms with Gasteiger partial charge >= 0.3 is 6.09 Å². The average molecular weight is 242 g/mol. The smallest absolute Gasteiger partial charge is 0.408 e. The van der Waals surface area contributed by atoms with Crippen molar-refractivity contribution in [2.45, 2.75) is 53.2 Å². The monoisotopic (exact) mass is 242 g/mol. The van der Waals surface area contributed by atoms with Crippen molar-refractivity contribution >= 4 is 6.09 Å². The Morgan fingerprint density at radius 1 is 1.29 bits per heavy atom. The van der Waals surface area contributed by atoms with Gasteiger partial charge in [0.05, 0.1) is 6.04 Å². The summed E-state index contributed by atoms with van der Waals surface area (Å²) in [4.78, 5) is 11.7. The predicted octanol–water partition coefficient (Wildman–Crippen LogP) is 2.44. The van der Waals surface area contributed by atoms with E-state index in [1.165, 1.54) is 0 Å². The van der Waals surface area contributed by atoms with E-state index >= 15 is 0 Å². The molecule has 1 amide bonds. The van der Waals surface area contributed by atoms with Crippen LogP contribution < -0.4 is 11.1 Å². The van der Waals surface area contributed by atoms with Crippen LogP contribution in [0.25, 0.3) is 0 Å². The summed E-state index contributed by atoms with van der Waals surface area (Å²) in [6, 6.07) is -0.0964. The van der Waals surface area contributed by atoms with Gasteiger partial charge in [-0.25, -0.2) is 4.79 Å². The zero-order chi connectivity index (χ0) is 13.7. The highest BCUT2D eigenvalue weighted by Gasteiger charge is 2.26. The molecule has 0 aliphatic heterocycles. The van der Waals surface area contributed by atoms with Crippen molar-refractivity contribution in [3.05, 3.63) is 12.2 Å². The van der Waals surface area contributed by atoms with Crippen LogP contribution >= 0.6 is 0 Å².